The molecule has 1 aromatic carbocycles. The Morgan fingerprint density at radius 3 is 2.53 bits per heavy atom. The predicted octanol–water partition coefficient (Wildman–Crippen LogP) is 4.07. The van der Waals surface area contributed by atoms with Crippen molar-refractivity contribution in [3.63, 3.8) is 0 Å². The van der Waals surface area contributed by atoms with Crippen LogP contribution >= 0.6 is 49.9 Å². The van der Waals surface area contributed by atoms with Crippen LogP contribution in [0.1, 0.15) is 20.7 Å². The lowest BCUT2D eigenvalue weighted by Crippen LogP contribution is -2.11. The van der Waals surface area contributed by atoms with Crippen LogP contribution in [-0.4, -0.2) is 17.0 Å². The molecule has 0 aliphatic heterocycles. The van der Waals surface area contributed by atoms with Gasteiger partial charge in [-0.25, -0.2) is 4.79 Å². The lowest BCUT2D eigenvalue weighted by atomic mass is 10.2. The summed E-state index contributed by atoms with van der Waals surface area (Å²) in [4.78, 5) is 22.9. The summed E-state index contributed by atoms with van der Waals surface area (Å²) in [6.07, 6.45) is 0. The highest BCUT2D eigenvalue weighted by atomic mass is 127. The zero-order valence-corrected chi connectivity index (χ0v) is 13.9. The molecule has 2 aromatic rings. The molecule has 0 atom stereocenters. The van der Waals surface area contributed by atoms with Gasteiger partial charge in [-0.05, 0) is 46.9 Å². The Hall–Kier alpha value is -0.930. The van der Waals surface area contributed by atoms with E-state index < -0.39 is 5.97 Å². The minimum Gasteiger partial charge on any atom is -0.478 e. The summed E-state index contributed by atoms with van der Waals surface area (Å²) in [5.74, 6) is -1.30. The molecule has 0 radical (unpaired) electrons. The van der Waals surface area contributed by atoms with E-state index >= 15 is 0 Å². The van der Waals surface area contributed by atoms with Crippen molar-refractivity contribution >= 4 is 67.4 Å². The molecule has 1 amide bonds. The third kappa shape index (κ3) is 3.77. The number of anilines is 1. The molecule has 2 rings (SSSR count). The van der Waals surface area contributed by atoms with Gasteiger partial charge in [0.15, 0.2) is 0 Å². The fraction of sp³-hybridized carbons (Fsp3) is 0. The molecule has 1 heterocycles. The first-order valence-corrected chi connectivity index (χ1v) is 7.80. The molecule has 0 saturated heterocycles. The van der Waals surface area contributed by atoms with Crippen LogP contribution in [0.5, 0.6) is 0 Å². The molecule has 1 aromatic heterocycles. The molecule has 19 heavy (non-hydrogen) atoms. The Labute approximate surface area is 135 Å². The second kappa shape index (κ2) is 6.02. The molecule has 2 N–H and O–H groups in total. The van der Waals surface area contributed by atoms with Gasteiger partial charge in [0.05, 0.1) is 14.0 Å². The van der Waals surface area contributed by atoms with Gasteiger partial charge in [0.25, 0.3) is 5.91 Å². The van der Waals surface area contributed by atoms with Gasteiger partial charge in [0.1, 0.15) is 0 Å². The van der Waals surface area contributed by atoms with Crippen molar-refractivity contribution in [3.8, 4) is 0 Å². The highest BCUT2D eigenvalue weighted by Crippen LogP contribution is 2.22. The van der Waals surface area contributed by atoms with Gasteiger partial charge < -0.3 is 10.4 Å². The van der Waals surface area contributed by atoms with Gasteiger partial charge in [0, 0.05) is 15.5 Å². The Bertz CT molecular complexity index is 656. The molecule has 0 unspecified atom stereocenters. The number of nitrogens with one attached hydrogen (secondary N) is 1. The topological polar surface area (TPSA) is 66.4 Å². The van der Waals surface area contributed by atoms with Crippen molar-refractivity contribution in [2.75, 3.05) is 5.32 Å². The molecule has 7 heteroatoms. The van der Waals surface area contributed by atoms with Crippen LogP contribution in [0.4, 0.5) is 5.69 Å². The number of aromatic carboxylic acids is 1. The van der Waals surface area contributed by atoms with Crippen molar-refractivity contribution in [1.29, 1.82) is 0 Å². The Morgan fingerprint density at radius 1 is 1.21 bits per heavy atom. The second-order valence-electron chi connectivity index (χ2n) is 3.63. The van der Waals surface area contributed by atoms with Crippen molar-refractivity contribution in [1.82, 2.24) is 0 Å². The van der Waals surface area contributed by atoms with Crippen LogP contribution < -0.4 is 5.32 Å². The number of carbonyl (C=O) groups excluding carboxylic acids is 1. The maximum Gasteiger partial charge on any atom is 0.335 e. The van der Waals surface area contributed by atoms with Gasteiger partial charge in [0.2, 0.25) is 0 Å². The van der Waals surface area contributed by atoms with E-state index in [-0.39, 0.29) is 11.5 Å². The molecule has 4 nitrogen and oxygen atoms in total. The zero-order valence-electron chi connectivity index (χ0n) is 9.31. The molecule has 0 aliphatic rings. The number of carboxylic acid groups (broad SMARTS) is 1. The summed E-state index contributed by atoms with van der Waals surface area (Å²) in [7, 11) is 0. The average Bonchev–Trinajstić information content (AvgIpc) is 2.75. The summed E-state index contributed by atoms with van der Waals surface area (Å²) in [6.45, 7) is 0. The van der Waals surface area contributed by atoms with Crippen LogP contribution in [0, 0.1) is 2.88 Å². The Morgan fingerprint density at radius 2 is 1.95 bits per heavy atom. The van der Waals surface area contributed by atoms with E-state index in [1.165, 1.54) is 23.5 Å². The van der Waals surface area contributed by atoms with E-state index in [0.29, 0.717) is 15.7 Å². The van der Waals surface area contributed by atoms with Crippen molar-refractivity contribution < 1.29 is 14.7 Å². The number of halogens is 2. The van der Waals surface area contributed by atoms with Gasteiger partial charge >= 0.3 is 5.97 Å². The van der Waals surface area contributed by atoms with Crippen molar-refractivity contribution in [2.24, 2.45) is 0 Å². The number of rotatable bonds is 3. The number of hydrogen-bond donors (Lipinski definition) is 2. The first-order valence-electron chi connectivity index (χ1n) is 5.05. The normalized spacial score (nSPS) is 10.2. The van der Waals surface area contributed by atoms with E-state index in [1.54, 1.807) is 17.5 Å². The predicted molar refractivity (Wildman–Crippen MR) is 86.1 cm³/mol. The standard InChI is InChI=1S/C12H7BrINO3S/c13-8-1-6(12(17)18)2-9(4-8)15-11(16)7-3-10(14)19-5-7/h1-5H,(H,15,16)(H,17,18). The van der Waals surface area contributed by atoms with Crippen molar-refractivity contribution in [2.45, 2.75) is 0 Å². The minimum absolute atomic E-state index is 0.115. The molecule has 98 valence electrons. The minimum atomic E-state index is -1.04. The summed E-state index contributed by atoms with van der Waals surface area (Å²) in [6, 6.07) is 6.33. The lowest BCUT2D eigenvalue weighted by Gasteiger charge is -2.06. The van der Waals surface area contributed by atoms with Gasteiger partial charge in [-0.2, -0.15) is 0 Å². The summed E-state index contributed by atoms with van der Waals surface area (Å²) in [5.41, 5.74) is 1.12. The number of carboxylic acids is 1. The van der Waals surface area contributed by atoms with Gasteiger partial charge in [-0.1, -0.05) is 15.9 Å². The second-order valence-corrected chi connectivity index (χ2v) is 7.35. The summed E-state index contributed by atoms with van der Waals surface area (Å²) in [5, 5.41) is 13.4. The molecule has 0 fully saturated rings. The lowest BCUT2D eigenvalue weighted by molar-refractivity contribution is 0.0696. The molecular weight excluding hydrogens is 445 g/mol. The zero-order chi connectivity index (χ0) is 14.0. The fourth-order valence-corrected chi connectivity index (χ4v) is 3.24. The third-order valence-electron chi connectivity index (χ3n) is 2.23. The summed E-state index contributed by atoms with van der Waals surface area (Å²) < 4.78 is 1.62. The maximum absolute atomic E-state index is 11.9. The summed E-state index contributed by atoms with van der Waals surface area (Å²) >= 11 is 6.83. The molecule has 0 aliphatic carbocycles. The number of amides is 1. The highest BCUT2D eigenvalue weighted by Gasteiger charge is 2.11. The first kappa shape index (κ1) is 14.5. The number of hydrogen-bond acceptors (Lipinski definition) is 3. The smallest absolute Gasteiger partial charge is 0.335 e. The van der Waals surface area contributed by atoms with Gasteiger partial charge in [-0.3, -0.25) is 4.79 Å². The molecule has 0 bridgehead atoms. The molecular formula is C12H7BrINO3S. The third-order valence-corrected chi connectivity index (χ3v) is 4.48. The maximum atomic E-state index is 11.9. The SMILES string of the molecule is O=C(O)c1cc(Br)cc(NC(=O)c2csc(I)c2)c1. The quantitative estimate of drug-likeness (QED) is 0.691. The largest absolute Gasteiger partial charge is 0.478 e. The number of benzene rings is 1. The number of carbonyl (C=O) groups is 2. The average molecular weight is 452 g/mol. The Balaban J connectivity index is 2.23. The van der Waals surface area contributed by atoms with Crippen LogP contribution in [-0.2, 0) is 0 Å². The van der Waals surface area contributed by atoms with Crippen LogP contribution in [0.3, 0.4) is 0 Å². The van der Waals surface area contributed by atoms with Crippen LogP contribution in [0.15, 0.2) is 34.1 Å². The van der Waals surface area contributed by atoms with E-state index in [1.807, 2.05) is 0 Å². The van der Waals surface area contributed by atoms with Crippen LogP contribution in [0.25, 0.3) is 0 Å². The van der Waals surface area contributed by atoms with Crippen LogP contribution in [0.2, 0.25) is 0 Å². The first-order chi connectivity index (χ1) is 8.95. The fourth-order valence-electron chi connectivity index (χ4n) is 1.42. The molecule has 0 saturated carbocycles. The van der Waals surface area contributed by atoms with Gasteiger partial charge in [-0.15, -0.1) is 11.3 Å². The van der Waals surface area contributed by atoms with E-state index in [4.69, 9.17) is 5.11 Å². The van der Waals surface area contributed by atoms with E-state index in [2.05, 4.69) is 43.8 Å². The molecule has 0 spiro atoms. The number of thiophene rings is 1. The van der Waals surface area contributed by atoms with E-state index in [0.717, 1.165) is 2.88 Å². The monoisotopic (exact) mass is 451 g/mol. The van der Waals surface area contributed by atoms with Crippen molar-refractivity contribution in [3.05, 3.63) is 48.1 Å². The van der Waals surface area contributed by atoms with E-state index in [9.17, 15) is 9.59 Å². The Kier molecular flexibility index (Phi) is 4.58. The highest BCUT2D eigenvalue weighted by molar-refractivity contribution is 14.1.